The van der Waals surface area contributed by atoms with Gasteiger partial charge in [0.1, 0.15) is 11.4 Å². The number of aromatic nitrogens is 1. The van der Waals surface area contributed by atoms with Crippen molar-refractivity contribution in [3.63, 3.8) is 0 Å². The minimum atomic E-state index is -0.465. The van der Waals surface area contributed by atoms with Crippen LogP contribution < -0.4 is 10.5 Å². The van der Waals surface area contributed by atoms with Gasteiger partial charge in [0.05, 0.1) is 4.92 Å². The first-order valence-corrected chi connectivity index (χ1v) is 6.19. The van der Waals surface area contributed by atoms with Crippen LogP contribution in [-0.2, 0) is 6.42 Å². The summed E-state index contributed by atoms with van der Waals surface area (Å²) in [6.07, 6.45) is 0.815. The Bertz CT molecular complexity index is 612. The normalized spacial score (nSPS) is 10.3. The van der Waals surface area contributed by atoms with Crippen LogP contribution in [0.1, 0.15) is 11.3 Å². The lowest BCUT2D eigenvalue weighted by Gasteiger charge is -2.06. The molecule has 0 spiro atoms. The summed E-state index contributed by atoms with van der Waals surface area (Å²) in [4.78, 5) is 14.3. The molecule has 6 heteroatoms. The Balaban J connectivity index is 2.13. The Morgan fingerprint density at radius 3 is 2.50 bits per heavy atom. The topological polar surface area (TPSA) is 91.3 Å². The summed E-state index contributed by atoms with van der Waals surface area (Å²) in [6, 6.07) is 10.4. The zero-order valence-electron chi connectivity index (χ0n) is 11.1. The molecule has 1 aromatic carbocycles. The third-order valence-electron chi connectivity index (χ3n) is 2.81. The van der Waals surface area contributed by atoms with E-state index in [0.717, 1.165) is 12.0 Å². The van der Waals surface area contributed by atoms with E-state index < -0.39 is 4.92 Å². The zero-order chi connectivity index (χ0) is 14.5. The van der Waals surface area contributed by atoms with Gasteiger partial charge in [-0.05, 0) is 37.6 Å². The van der Waals surface area contributed by atoms with Crippen molar-refractivity contribution in [1.29, 1.82) is 0 Å². The van der Waals surface area contributed by atoms with Crippen LogP contribution in [0.4, 0.5) is 5.69 Å². The molecule has 2 N–H and O–H groups in total. The molecule has 2 aromatic rings. The minimum absolute atomic E-state index is 0.0179. The van der Waals surface area contributed by atoms with Crippen molar-refractivity contribution in [2.24, 2.45) is 5.73 Å². The molecule has 1 aromatic heterocycles. The first-order chi connectivity index (χ1) is 9.60. The van der Waals surface area contributed by atoms with E-state index in [1.165, 1.54) is 12.1 Å². The Kier molecular flexibility index (Phi) is 4.27. The lowest BCUT2D eigenvalue weighted by molar-refractivity contribution is -0.385. The van der Waals surface area contributed by atoms with Crippen LogP contribution in [0.2, 0.25) is 0 Å². The van der Waals surface area contributed by atoms with E-state index in [4.69, 9.17) is 10.5 Å². The van der Waals surface area contributed by atoms with E-state index in [1.807, 2.05) is 24.3 Å². The van der Waals surface area contributed by atoms with Crippen LogP contribution >= 0.6 is 0 Å². The number of benzene rings is 1. The molecule has 6 nitrogen and oxygen atoms in total. The SMILES string of the molecule is Cc1nc(Oc2ccc(CCN)cc2)ccc1[N+](=O)[O-]. The van der Waals surface area contributed by atoms with E-state index in [0.29, 0.717) is 23.9 Å². The standard InChI is InChI=1S/C14H15N3O3/c1-10-13(17(18)19)6-7-14(16-10)20-12-4-2-11(3-5-12)8-9-15/h2-7H,8-9,15H2,1H3. The fourth-order valence-corrected chi connectivity index (χ4v) is 1.79. The van der Waals surface area contributed by atoms with Gasteiger partial charge in [-0.25, -0.2) is 4.98 Å². The Labute approximate surface area is 116 Å². The molecule has 0 aliphatic rings. The molecule has 0 aliphatic heterocycles. The number of nitrogens with two attached hydrogens (primary N) is 1. The second-order valence-corrected chi connectivity index (χ2v) is 4.30. The second kappa shape index (κ2) is 6.12. The maximum absolute atomic E-state index is 10.7. The highest BCUT2D eigenvalue weighted by Crippen LogP contribution is 2.24. The lowest BCUT2D eigenvalue weighted by Crippen LogP contribution is -2.02. The van der Waals surface area contributed by atoms with Gasteiger partial charge in [-0.15, -0.1) is 0 Å². The molecule has 0 radical (unpaired) electrons. The number of hydrogen-bond acceptors (Lipinski definition) is 5. The van der Waals surface area contributed by atoms with Gasteiger partial charge in [0.25, 0.3) is 5.69 Å². The fraction of sp³-hybridized carbons (Fsp3) is 0.214. The van der Waals surface area contributed by atoms with E-state index in [-0.39, 0.29) is 5.69 Å². The number of nitro groups is 1. The molecular formula is C14H15N3O3. The van der Waals surface area contributed by atoms with Crippen LogP contribution in [0, 0.1) is 17.0 Å². The minimum Gasteiger partial charge on any atom is -0.439 e. The largest absolute Gasteiger partial charge is 0.439 e. The molecule has 2 rings (SSSR count). The zero-order valence-corrected chi connectivity index (χ0v) is 11.1. The van der Waals surface area contributed by atoms with Crippen molar-refractivity contribution in [2.75, 3.05) is 6.54 Å². The quantitative estimate of drug-likeness (QED) is 0.667. The number of ether oxygens (including phenoxy) is 1. The van der Waals surface area contributed by atoms with Crippen molar-refractivity contribution in [2.45, 2.75) is 13.3 Å². The smallest absolute Gasteiger partial charge is 0.290 e. The summed E-state index contributed by atoms with van der Waals surface area (Å²) in [7, 11) is 0. The summed E-state index contributed by atoms with van der Waals surface area (Å²) in [5, 5.41) is 10.7. The first-order valence-electron chi connectivity index (χ1n) is 6.19. The summed E-state index contributed by atoms with van der Waals surface area (Å²) >= 11 is 0. The van der Waals surface area contributed by atoms with Crippen molar-refractivity contribution >= 4 is 5.69 Å². The van der Waals surface area contributed by atoms with Gasteiger partial charge in [-0.2, -0.15) is 0 Å². The van der Waals surface area contributed by atoms with Crippen molar-refractivity contribution < 1.29 is 9.66 Å². The van der Waals surface area contributed by atoms with Gasteiger partial charge in [0, 0.05) is 12.1 Å². The lowest BCUT2D eigenvalue weighted by atomic mass is 10.1. The molecule has 0 atom stereocenters. The summed E-state index contributed by atoms with van der Waals surface area (Å²) in [5.74, 6) is 0.964. The van der Waals surface area contributed by atoms with Gasteiger partial charge in [0.2, 0.25) is 5.88 Å². The highest BCUT2D eigenvalue weighted by molar-refractivity contribution is 5.38. The van der Waals surface area contributed by atoms with Gasteiger partial charge in [-0.1, -0.05) is 12.1 Å². The van der Waals surface area contributed by atoms with Crippen LogP contribution in [0.25, 0.3) is 0 Å². The third kappa shape index (κ3) is 3.30. The second-order valence-electron chi connectivity index (χ2n) is 4.30. The van der Waals surface area contributed by atoms with Crippen molar-refractivity contribution in [3.05, 3.63) is 57.8 Å². The number of aryl methyl sites for hydroxylation is 1. The number of hydrogen-bond donors (Lipinski definition) is 1. The highest BCUT2D eigenvalue weighted by atomic mass is 16.6. The van der Waals surface area contributed by atoms with E-state index in [1.54, 1.807) is 6.92 Å². The maximum atomic E-state index is 10.7. The molecule has 0 saturated carbocycles. The molecule has 0 fully saturated rings. The van der Waals surface area contributed by atoms with Crippen molar-refractivity contribution in [1.82, 2.24) is 4.98 Å². The predicted octanol–water partition coefficient (Wildman–Crippen LogP) is 2.59. The summed E-state index contributed by atoms with van der Waals surface area (Å²) in [6.45, 7) is 2.18. The maximum Gasteiger partial charge on any atom is 0.290 e. The predicted molar refractivity (Wildman–Crippen MR) is 74.9 cm³/mol. The summed E-state index contributed by atoms with van der Waals surface area (Å²) in [5.41, 5.74) is 6.92. The monoisotopic (exact) mass is 273 g/mol. The number of rotatable bonds is 5. The average Bonchev–Trinajstić information content (AvgIpc) is 2.41. The average molecular weight is 273 g/mol. The Hall–Kier alpha value is -2.47. The van der Waals surface area contributed by atoms with E-state index >= 15 is 0 Å². The molecule has 20 heavy (non-hydrogen) atoms. The Morgan fingerprint density at radius 2 is 1.95 bits per heavy atom. The Morgan fingerprint density at radius 1 is 1.25 bits per heavy atom. The molecule has 0 unspecified atom stereocenters. The van der Waals surface area contributed by atoms with E-state index in [9.17, 15) is 10.1 Å². The molecular weight excluding hydrogens is 258 g/mol. The first kappa shape index (κ1) is 14.0. The number of nitrogens with zero attached hydrogens (tertiary/aromatic N) is 2. The van der Waals surface area contributed by atoms with Crippen LogP contribution in [0.3, 0.4) is 0 Å². The van der Waals surface area contributed by atoms with Crippen LogP contribution in [-0.4, -0.2) is 16.5 Å². The van der Waals surface area contributed by atoms with Gasteiger partial charge in [0.15, 0.2) is 0 Å². The fourth-order valence-electron chi connectivity index (χ4n) is 1.79. The van der Waals surface area contributed by atoms with Crippen LogP contribution in [0.15, 0.2) is 36.4 Å². The molecule has 0 aliphatic carbocycles. The van der Waals surface area contributed by atoms with Crippen LogP contribution in [0.5, 0.6) is 11.6 Å². The van der Waals surface area contributed by atoms with E-state index in [2.05, 4.69) is 4.98 Å². The van der Waals surface area contributed by atoms with Gasteiger partial charge < -0.3 is 10.5 Å². The van der Waals surface area contributed by atoms with Crippen molar-refractivity contribution in [3.8, 4) is 11.6 Å². The van der Waals surface area contributed by atoms with Gasteiger partial charge in [-0.3, -0.25) is 10.1 Å². The number of pyridine rings is 1. The van der Waals surface area contributed by atoms with Gasteiger partial charge >= 0.3 is 0 Å². The molecule has 0 bridgehead atoms. The molecule has 0 saturated heterocycles. The molecule has 0 amide bonds. The molecule has 104 valence electrons. The molecule has 1 heterocycles. The highest BCUT2D eigenvalue weighted by Gasteiger charge is 2.12. The third-order valence-corrected chi connectivity index (χ3v) is 2.81. The summed E-state index contributed by atoms with van der Waals surface area (Å²) < 4.78 is 5.56.